The largest absolute Gasteiger partial charge is 0.488 e. The normalized spacial score (nSPS) is 16.1. The summed E-state index contributed by atoms with van der Waals surface area (Å²) in [5.41, 5.74) is 3.55. The zero-order valence-corrected chi connectivity index (χ0v) is 15.2. The lowest BCUT2D eigenvalue weighted by atomic mass is 10.1. The van der Waals surface area contributed by atoms with Crippen molar-refractivity contribution in [3.63, 3.8) is 0 Å². The molecule has 0 aliphatic carbocycles. The number of amides is 1. The van der Waals surface area contributed by atoms with Gasteiger partial charge in [-0.15, -0.1) is 0 Å². The molecule has 132 valence electrons. The smallest absolute Gasteiger partial charge is 0.234 e. The Bertz CT molecular complexity index is 721. The first-order chi connectivity index (χ1) is 12.0. The van der Waals surface area contributed by atoms with Crippen molar-refractivity contribution in [2.24, 2.45) is 0 Å². The van der Waals surface area contributed by atoms with E-state index in [9.17, 15) is 4.79 Å². The van der Waals surface area contributed by atoms with Crippen molar-refractivity contribution in [2.75, 3.05) is 19.6 Å². The van der Waals surface area contributed by atoms with E-state index in [1.807, 2.05) is 25.1 Å². The molecule has 1 N–H and O–H groups in total. The predicted octanol–water partition coefficient (Wildman–Crippen LogP) is 3.24. The second-order valence-electron chi connectivity index (χ2n) is 6.95. The monoisotopic (exact) mass is 338 g/mol. The summed E-state index contributed by atoms with van der Waals surface area (Å²) in [6, 6.07) is 16.4. The molecule has 0 aromatic heterocycles. The van der Waals surface area contributed by atoms with Crippen LogP contribution in [0.1, 0.15) is 29.7 Å². The molecule has 1 atom stereocenters. The van der Waals surface area contributed by atoms with E-state index in [1.54, 1.807) is 0 Å². The molecule has 25 heavy (non-hydrogen) atoms. The van der Waals surface area contributed by atoms with E-state index in [2.05, 4.69) is 54.4 Å². The second-order valence-corrected chi connectivity index (χ2v) is 6.95. The van der Waals surface area contributed by atoms with Crippen molar-refractivity contribution < 1.29 is 9.53 Å². The summed E-state index contributed by atoms with van der Waals surface area (Å²) < 4.78 is 5.93. The summed E-state index contributed by atoms with van der Waals surface area (Å²) in [6.45, 7) is 8.14. The number of rotatable bonds is 6. The Kier molecular flexibility index (Phi) is 5.39. The summed E-state index contributed by atoms with van der Waals surface area (Å²) in [7, 11) is 0. The number of aryl methyl sites for hydroxylation is 2. The van der Waals surface area contributed by atoms with Crippen LogP contribution in [0.5, 0.6) is 5.75 Å². The number of hydrogen-bond acceptors (Lipinski definition) is 3. The molecule has 1 unspecified atom stereocenters. The molecule has 1 heterocycles. The number of carbonyl (C=O) groups is 1. The van der Waals surface area contributed by atoms with E-state index in [0.29, 0.717) is 6.54 Å². The van der Waals surface area contributed by atoms with Crippen LogP contribution in [0.15, 0.2) is 48.5 Å². The highest BCUT2D eigenvalue weighted by Gasteiger charge is 2.30. The quantitative estimate of drug-likeness (QED) is 0.879. The van der Waals surface area contributed by atoms with E-state index in [-0.39, 0.29) is 18.1 Å². The van der Waals surface area contributed by atoms with E-state index < -0.39 is 0 Å². The minimum atomic E-state index is 0.0220. The van der Waals surface area contributed by atoms with Crippen LogP contribution < -0.4 is 10.1 Å². The van der Waals surface area contributed by atoms with Gasteiger partial charge in [0.15, 0.2) is 0 Å². The molecule has 4 nitrogen and oxygen atoms in total. The van der Waals surface area contributed by atoms with Crippen LogP contribution in [0.25, 0.3) is 0 Å². The van der Waals surface area contributed by atoms with Gasteiger partial charge < -0.3 is 10.1 Å². The molecule has 0 spiro atoms. The Morgan fingerprint density at radius 1 is 1.16 bits per heavy atom. The maximum atomic E-state index is 12.2. The molecule has 4 heteroatoms. The lowest BCUT2D eigenvalue weighted by molar-refractivity contribution is -0.125. The highest BCUT2D eigenvalue weighted by Crippen LogP contribution is 2.19. The summed E-state index contributed by atoms with van der Waals surface area (Å²) in [5.74, 6) is 0.962. The molecule has 1 aliphatic heterocycles. The maximum Gasteiger partial charge on any atom is 0.234 e. The molecule has 0 saturated carbocycles. The van der Waals surface area contributed by atoms with E-state index in [0.717, 1.165) is 24.4 Å². The number of nitrogens with zero attached hydrogens (tertiary/aromatic N) is 1. The third-order valence-electron chi connectivity index (χ3n) is 4.54. The number of nitrogens with one attached hydrogen (secondary N) is 1. The van der Waals surface area contributed by atoms with Gasteiger partial charge in [0.2, 0.25) is 5.91 Å². The van der Waals surface area contributed by atoms with E-state index in [4.69, 9.17) is 4.74 Å². The predicted molar refractivity (Wildman–Crippen MR) is 99.8 cm³/mol. The third-order valence-corrected chi connectivity index (χ3v) is 4.54. The van der Waals surface area contributed by atoms with Gasteiger partial charge in [0.05, 0.1) is 12.6 Å². The van der Waals surface area contributed by atoms with Crippen LogP contribution in [-0.2, 0) is 4.79 Å². The summed E-state index contributed by atoms with van der Waals surface area (Å²) >= 11 is 0. The SMILES string of the molecule is Cc1ccc(C(C)NC(=O)CN2CC(Oc3cccc(C)c3)C2)cc1. The number of likely N-dealkylation sites (tertiary alicyclic amines) is 1. The first-order valence-corrected chi connectivity index (χ1v) is 8.81. The van der Waals surface area contributed by atoms with Crippen molar-refractivity contribution in [3.8, 4) is 5.75 Å². The van der Waals surface area contributed by atoms with Crippen LogP contribution in [-0.4, -0.2) is 36.5 Å². The fraction of sp³-hybridized carbons (Fsp3) is 0.381. The Morgan fingerprint density at radius 2 is 1.88 bits per heavy atom. The van der Waals surface area contributed by atoms with Crippen LogP contribution in [0.4, 0.5) is 0 Å². The van der Waals surface area contributed by atoms with Crippen molar-refractivity contribution in [2.45, 2.75) is 32.9 Å². The average molecular weight is 338 g/mol. The van der Waals surface area contributed by atoms with Gasteiger partial charge in [-0.3, -0.25) is 9.69 Å². The molecular weight excluding hydrogens is 312 g/mol. The average Bonchev–Trinajstić information content (AvgIpc) is 2.53. The minimum absolute atomic E-state index is 0.0220. The Balaban J connectivity index is 1.40. The van der Waals surface area contributed by atoms with Crippen molar-refractivity contribution >= 4 is 5.91 Å². The fourth-order valence-electron chi connectivity index (χ4n) is 3.04. The molecule has 2 aromatic carbocycles. The van der Waals surface area contributed by atoms with Gasteiger partial charge >= 0.3 is 0 Å². The molecule has 1 amide bonds. The van der Waals surface area contributed by atoms with Gasteiger partial charge in [0.1, 0.15) is 11.9 Å². The molecular formula is C21H26N2O2. The molecule has 2 aromatic rings. The lowest BCUT2D eigenvalue weighted by Gasteiger charge is -2.38. The van der Waals surface area contributed by atoms with E-state index in [1.165, 1.54) is 11.1 Å². The van der Waals surface area contributed by atoms with Crippen molar-refractivity contribution in [1.82, 2.24) is 10.2 Å². The molecule has 0 bridgehead atoms. The van der Waals surface area contributed by atoms with Gasteiger partial charge in [-0.1, -0.05) is 42.0 Å². The van der Waals surface area contributed by atoms with E-state index >= 15 is 0 Å². The molecule has 3 rings (SSSR count). The standard InChI is InChI=1S/C21H26N2O2/c1-15-7-9-18(10-8-15)17(3)22-21(24)14-23-12-20(13-23)25-19-6-4-5-16(2)11-19/h4-11,17,20H,12-14H2,1-3H3,(H,22,24). The van der Waals surface area contributed by atoms with Gasteiger partial charge in [-0.2, -0.15) is 0 Å². The molecule has 1 fully saturated rings. The van der Waals surface area contributed by atoms with Gasteiger partial charge in [0.25, 0.3) is 0 Å². The summed E-state index contributed by atoms with van der Waals surface area (Å²) in [5, 5.41) is 3.07. The Morgan fingerprint density at radius 3 is 2.56 bits per heavy atom. The molecule has 0 radical (unpaired) electrons. The minimum Gasteiger partial charge on any atom is -0.488 e. The highest BCUT2D eigenvalue weighted by atomic mass is 16.5. The zero-order chi connectivity index (χ0) is 17.8. The first-order valence-electron chi connectivity index (χ1n) is 8.81. The van der Waals surface area contributed by atoms with Gasteiger partial charge in [-0.05, 0) is 44.0 Å². The van der Waals surface area contributed by atoms with Crippen LogP contribution in [0.2, 0.25) is 0 Å². The summed E-state index contributed by atoms with van der Waals surface area (Å²) in [6.07, 6.45) is 0.170. The van der Waals surface area contributed by atoms with Crippen LogP contribution in [0, 0.1) is 13.8 Å². The topological polar surface area (TPSA) is 41.6 Å². The number of ether oxygens (including phenoxy) is 1. The van der Waals surface area contributed by atoms with Crippen molar-refractivity contribution in [3.05, 3.63) is 65.2 Å². The summed E-state index contributed by atoms with van der Waals surface area (Å²) in [4.78, 5) is 14.3. The zero-order valence-electron chi connectivity index (χ0n) is 15.2. The van der Waals surface area contributed by atoms with Crippen LogP contribution >= 0.6 is 0 Å². The van der Waals surface area contributed by atoms with Crippen molar-refractivity contribution in [1.29, 1.82) is 0 Å². The highest BCUT2D eigenvalue weighted by molar-refractivity contribution is 5.78. The van der Waals surface area contributed by atoms with Gasteiger partial charge in [-0.25, -0.2) is 0 Å². The van der Waals surface area contributed by atoms with Crippen LogP contribution in [0.3, 0.4) is 0 Å². The number of hydrogen-bond donors (Lipinski definition) is 1. The maximum absolute atomic E-state index is 12.2. The first kappa shape index (κ1) is 17.5. The lowest BCUT2D eigenvalue weighted by Crippen LogP contribution is -2.56. The number of benzene rings is 2. The number of carbonyl (C=O) groups excluding carboxylic acids is 1. The van der Waals surface area contributed by atoms with Gasteiger partial charge in [0, 0.05) is 13.1 Å². The second kappa shape index (κ2) is 7.70. The Labute approximate surface area is 149 Å². The third kappa shape index (κ3) is 4.83. The Hall–Kier alpha value is -2.33. The molecule has 1 aliphatic rings. The fourth-order valence-corrected chi connectivity index (χ4v) is 3.04. The molecule has 1 saturated heterocycles.